The van der Waals surface area contributed by atoms with Gasteiger partial charge in [0.05, 0.1) is 30.5 Å². The van der Waals surface area contributed by atoms with Crippen molar-refractivity contribution in [3.8, 4) is 17.1 Å². The molecular weight excluding hydrogens is 452 g/mol. The van der Waals surface area contributed by atoms with Crippen LogP contribution < -0.4 is 4.74 Å². The fraction of sp³-hybridized carbons (Fsp3) is 0.440. The summed E-state index contributed by atoms with van der Waals surface area (Å²) >= 11 is 0. The van der Waals surface area contributed by atoms with Gasteiger partial charge in [-0.2, -0.15) is 13.5 Å². The second kappa shape index (κ2) is 10.7. The highest BCUT2D eigenvalue weighted by Gasteiger charge is 2.25. The smallest absolute Gasteiger partial charge is 0.242 e. The van der Waals surface area contributed by atoms with Crippen LogP contribution in [0, 0.1) is 5.41 Å². The number of carbonyl (C=O) groups excluding carboxylic acids is 1. The first-order chi connectivity index (χ1) is 15.7. The molecule has 2 aromatic heterocycles. The van der Waals surface area contributed by atoms with Gasteiger partial charge in [0, 0.05) is 31.4 Å². The Morgan fingerprint density at radius 2 is 1.94 bits per heavy atom. The Kier molecular flexibility index (Phi) is 8.12. The standard InChI is InChI=1S/C25H30N4O4.H2S/c1-16(30)29-11-12-32-19(14-29)15-33-24-22-21(26-9-10-27-22)13-20(28-24)17-5-7-18(8-6-17)23(31)25(2,3)4;/h5-10,13,19,23,31H,11-12,14-15H2,1-4H3;1H2/t19-,23?;/m0./s1. The Morgan fingerprint density at radius 3 is 2.62 bits per heavy atom. The summed E-state index contributed by atoms with van der Waals surface area (Å²) in [6, 6.07) is 9.58. The molecule has 9 heteroatoms. The number of aromatic nitrogens is 3. The Balaban J connectivity index is 0.00000324. The maximum absolute atomic E-state index is 11.7. The molecule has 1 N–H and O–H groups in total. The summed E-state index contributed by atoms with van der Waals surface area (Å²) in [6.45, 7) is 9.38. The molecule has 1 amide bonds. The number of benzene rings is 1. The van der Waals surface area contributed by atoms with Gasteiger partial charge >= 0.3 is 0 Å². The Bertz CT molecular complexity index is 1130. The zero-order valence-corrected chi connectivity index (χ0v) is 21.0. The number of ether oxygens (including phenoxy) is 2. The molecule has 3 heterocycles. The van der Waals surface area contributed by atoms with Crippen molar-refractivity contribution in [1.82, 2.24) is 19.9 Å². The Hall–Kier alpha value is -2.75. The van der Waals surface area contributed by atoms with Gasteiger partial charge in [-0.3, -0.25) is 9.78 Å². The topological polar surface area (TPSA) is 97.7 Å². The molecule has 0 radical (unpaired) electrons. The quantitative estimate of drug-likeness (QED) is 0.592. The molecule has 1 saturated heterocycles. The van der Waals surface area contributed by atoms with Gasteiger partial charge in [0.2, 0.25) is 11.8 Å². The highest BCUT2D eigenvalue weighted by atomic mass is 32.1. The first-order valence-corrected chi connectivity index (χ1v) is 11.1. The number of nitrogens with zero attached hydrogens (tertiary/aromatic N) is 4. The van der Waals surface area contributed by atoms with Crippen molar-refractivity contribution in [2.45, 2.75) is 39.9 Å². The third kappa shape index (κ3) is 5.84. The Morgan fingerprint density at radius 1 is 1.24 bits per heavy atom. The van der Waals surface area contributed by atoms with Gasteiger partial charge in [0.25, 0.3) is 0 Å². The van der Waals surface area contributed by atoms with Crippen LogP contribution in [-0.2, 0) is 9.53 Å². The minimum absolute atomic E-state index is 0. The number of fused-ring (bicyclic) bond motifs is 1. The average Bonchev–Trinajstić information content (AvgIpc) is 2.81. The molecule has 182 valence electrons. The van der Waals surface area contributed by atoms with Crippen molar-refractivity contribution in [3.05, 3.63) is 48.3 Å². The fourth-order valence-corrected chi connectivity index (χ4v) is 3.81. The lowest BCUT2D eigenvalue weighted by Gasteiger charge is -2.32. The highest BCUT2D eigenvalue weighted by molar-refractivity contribution is 7.59. The molecule has 1 fully saturated rings. The second-order valence-electron chi connectivity index (χ2n) is 9.40. The van der Waals surface area contributed by atoms with E-state index in [0.29, 0.717) is 42.3 Å². The fourth-order valence-electron chi connectivity index (χ4n) is 3.81. The van der Waals surface area contributed by atoms with Crippen LogP contribution in [0.5, 0.6) is 5.88 Å². The molecule has 0 spiro atoms. The van der Waals surface area contributed by atoms with Gasteiger partial charge in [-0.25, -0.2) is 9.97 Å². The Labute approximate surface area is 206 Å². The molecule has 8 nitrogen and oxygen atoms in total. The van der Waals surface area contributed by atoms with Crippen molar-refractivity contribution in [1.29, 1.82) is 0 Å². The summed E-state index contributed by atoms with van der Waals surface area (Å²) in [5.74, 6) is 0.401. The van der Waals surface area contributed by atoms with Crippen molar-refractivity contribution in [2.75, 3.05) is 26.3 Å². The summed E-state index contributed by atoms with van der Waals surface area (Å²) in [7, 11) is 0. The molecule has 3 aromatic rings. The van der Waals surface area contributed by atoms with Crippen molar-refractivity contribution >= 4 is 30.4 Å². The van der Waals surface area contributed by atoms with E-state index in [9.17, 15) is 9.90 Å². The van der Waals surface area contributed by atoms with Gasteiger partial charge in [-0.1, -0.05) is 45.0 Å². The number of amides is 1. The summed E-state index contributed by atoms with van der Waals surface area (Å²) in [5, 5.41) is 10.6. The molecule has 0 saturated carbocycles. The summed E-state index contributed by atoms with van der Waals surface area (Å²) in [5.41, 5.74) is 3.43. The van der Waals surface area contributed by atoms with Gasteiger partial charge in [0.15, 0.2) is 5.52 Å². The predicted molar refractivity (Wildman–Crippen MR) is 135 cm³/mol. The molecular formula is C25H32N4O4S. The van der Waals surface area contributed by atoms with Crippen LogP contribution in [0.15, 0.2) is 42.7 Å². The summed E-state index contributed by atoms with van der Waals surface area (Å²) < 4.78 is 11.8. The zero-order chi connectivity index (χ0) is 23.6. The number of hydrogen-bond donors (Lipinski definition) is 1. The maximum atomic E-state index is 11.7. The molecule has 4 rings (SSSR count). The molecule has 1 aliphatic heterocycles. The van der Waals surface area contributed by atoms with E-state index in [2.05, 4.69) is 9.97 Å². The highest BCUT2D eigenvalue weighted by Crippen LogP contribution is 2.34. The third-order valence-electron chi connectivity index (χ3n) is 5.76. The van der Waals surface area contributed by atoms with Crippen LogP contribution in [-0.4, -0.2) is 63.3 Å². The van der Waals surface area contributed by atoms with Gasteiger partial charge < -0.3 is 19.5 Å². The van der Waals surface area contributed by atoms with Crippen molar-refractivity contribution in [3.63, 3.8) is 0 Å². The number of carbonyl (C=O) groups is 1. The minimum Gasteiger partial charge on any atom is -0.473 e. The third-order valence-corrected chi connectivity index (χ3v) is 5.76. The lowest BCUT2D eigenvalue weighted by molar-refractivity contribution is -0.137. The monoisotopic (exact) mass is 484 g/mol. The number of aliphatic hydroxyl groups is 1. The number of hydrogen-bond acceptors (Lipinski definition) is 7. The van der Waals surface area contributed by atoms with E-state index in [0.717, 1.165) is 11.1 Å². The SMILES string of the molecule is CC(=O)N1CCO[C@H](COc2nc(-c3ccc(C(O)C(C)(C)C)cc3)cc3nccnc23)C1.S. The van der Waals surface area contributed by atoms with Crippen LogP contribution in [0.2, 0.25) is 0 Å². The first kappa shape index (κ1) is 25.9. The number of rotatable bonds is 5. The summed E-state index contributed by atoms with van der Waals surface area (Å²) in [6.07, 6.45) is 2.44. The van der Waals surface area contributed by atoms with E-state index >= 15 is 0 Å². The van der Waals surface area contributed by atoms with E-state index in [1.54, 1.807) is 24.2 Å². The second-order valence-corrected chi connectivity index (χ2v) is 9.40. The van der Waals surface area contributed by atoms with Gasteiger partial charge in [-0.15, -0.1) is 0 Å². The first-order valence-electron chi connectivity index (χ1n) is 11.1. The van der Waals surface area contributed by atoms with Crippen LogP contribution in [0.1, 0.15) is 39.4 Å². The number of aliphatic hydroxyl groups excluding tert-OH is 1. The maximum Gasteiger partial charge on any atom is 0.242 e. The lowest BCUT2D eigenvalue weighted by atomic mass is 9.84. The number of morpholine rings is 1. The van der Waals surface area contributed by atoms with E-state index in [4.69, 9.17) is 14.5 Å². The summed E-state index contributed by atoms with van der Waals surface area (Å²) in [4.78, 5) is 27.0. The van der Waals surface area contributed by atoms with Crippen molar-refractivity contribution < 1.29 is 19.4 Å². The zero-order valence-electron chi connectivity index (χ0n) is 20.0. The van der Waals surface area contributed by atoms with E-state index < -0.39 is 6.10 Å². The minimum atomic E-state index is -0.564. The van der Waals surface area contributed by atoms with E-state index in [1.165, 1.54) is 0 Å². The van der Waals surface area contributed by atoms with Crippen LogP contribution in [0.25, 0.3) is 22.3 Å². The van der Waals surface area contributed by atoms with Crippen LogP contribution in [0.3, 0.4) is 0 Å². The van der Waals surface area contributed by atoms with Crippen LogP contribution in [0.4, 0.5) is 0 Å². The van der Waals surface area contributed by atoms with Gasteiger partial charge in [0.1, 0.15) is 12.7 Å². The average molecular weight is 485 g/mol. The van der Waals surface area contributed by atoms with Crippen molar-refractivity contribution in [2.24, 2.45) is 5.41 Å². The molecule has 0 aliphatic carbocycles. The largest absolute Gasteiger partial charge is 0.473 e. The molecule has 34 heavy (non-hydrogen) atoms. The lowest BCUT2D eigenvalue weighted by Crippen LogP contribution is -2.46. The number of pyridine rings is 1. The molecule has 1 unspecified atom stereocenters. The van der Waals surface area contributed by atoms with E-state index in [1.807, 2.05) is 51.1 Å². The van der Waals surface area contributed by atoms with E-state index in [-0.39, 0.29) is 37.5 Å². The molecule has 2 atom stereocenters. The normalized spacial score (nSPS) is 17.2. The molecule has 1 aliphatic rings. The van der Waals surface area contributed by atoms with Gasteiger partial charge in [-0.05, 0) is 17.0 Å². The molecule has 0 bridgehead atoms. The molecule has 1 aromatic carbocycles. The predicted octanol–water partition coefficient (Wildman–Crippen LogP) is 3.51. The van der Waals surface area contributed by atoms with Crippen LogP contribution >= 0.6 is 13.5 Å².